The number of benzene rings is 2. The quantitative estimate of drug-likeness (QED) is 0.463. The molecule has 0 heterocycles. The fourth-order valence-corrected chi connectivity index (χ4v) is 4.74. The summed E-state index contributed by atoms with van der Waals surface area (Å²) in [6.45, 7) is 4.77. The third-order valence-electron chi connectivity index (χ3n) is 7.09. The van der Waals surface area contributed by atoms with Crippen molar-refractivity contribution in [2.24, 2.45) is 17.1 Å². The van der Waals surface area contributed by atoms with Crippen LogP contribution in [0, 0.1) is 11.3 Å². The van der Waals surface area contributed by atoms with Crippen LogP contribution in [0.25, 0.3) is 0 Å². The van der Waals surface area contributed by atoms with E-state index < -0.39 is 23.8 Å². The number of carbonyl (C=O) groups excluding carboxylic acids is 1. The number of amides is 1. The van der Waals surface area contributed by atoms with Crippen molar-refractivity contribution < 1.29 is 27.9 Å². The van der Waals surface area contributed by atoms with Gasteiger partial charge in [0.1, 0.15) is 6.04 Å². The van der Waals surface area contributed by atoms with Crippen LogP contribution in [0.5, 0.6) is 0 Å². The number of carboxylic acid groups (broad SMARTS) is 1. The van der Waals surface area contributed by atoms with E-state index in [1.54, 1.807) is 24.3 Å². The summed E-state index contributed by atoms with van der Waals surface area (Å²) in [6.07, 6.45) is -0.269. The van der Waals surface area contributed by atoms with Crippen molar-refractivity contribution in [1.29, 1.82) is 0 Å². The Morgan fingerprint density at radius 1 is 1.06 bits per heavy atom. The Kier molecular flexibility index (Phi) is 8.26. The van der Waals surface area contributed by atoms with Gasteiger partial charge in [-0.3, -0.25) is 9.59 Å². The van der Waals surface area contributed by atoms with E-state index in [2.05, 4.69) is 19.2 Å². The van der Waals surface area contributed by atoms with E-state index in [0.29, 0.717) is 17.7 Å². The van der Waals surface area contributed by atoms with Gasteiger partial charge in [0, 0.05) is 18.0 Å². The minimum Gasteiger partial charge on any atom is -0.480 e. The van der Waals surface area contributed by atoms with Crippen LogP contribution in [0.1, 0.15) is 72.5 Å². The van der Waals surface area contributed by atoms with Gasteiger partial charge in [0.15, 0.2) is 0 Å². The lowest BCUT2D eigenvalue weighted by molar-refractivity contribution is -0.139. The average molecular weight is 491 g/mol. The molecule has 1 aliphatic rings. The molecule has 1 saturated carbocycles. The summed E-state index contributed by atoms with van der Waals surface area (Å²) in [5, 5.41) is 11.9. The number of carbonyl (C=O) groups is 2. The molecule has 8 heteroatoms. The molecule has 0 aromatic heterocycles. The smallest absolute Gasteiger partial charge is 0.416 e. The molecule has 5 nitrogen and oxygen atoms in total. The fraction of sp³-hybridized carbons (Fsp3) is 0.481. The van der Waals surface area contributed by atoms with Gasteiger partial charge >= 0.3 is 12.1 Å². The van der Waals surface area contributed by atoms with Gasteiger partial charge in [-0.25, -0.2) is 0 Å². The summed E-state index contributed by atoms with van der Waals surface area (Å²) < 4.78 is 39.1. The van der Waals surface area contributed by atoms with Crippen LogP contribution in [0.15, 0.2) is 48.5 Å². The minimum absolute atomic E-state index is 0.0924. The van der Waals surface area contributed by atoms with Crippen LogP contribution in [0.4, 0.5) is 13.2 Å². The summed E-state index contributed by atoms with van der Waals surface area (Å²) in [4.78, 5) is 23.7. The molecule has 0 radical (unpaired) electrons. The highest BCUT2D eigenvalue weighted by Crippen LogP contribution is 2.43. The van der Waals surface area contributed by atoms with E-state index in [4.69, 9.17) is 10.8 Å². The summed E-state index contributed by atoms with van der Waals surface area (Å²) in [5.74, 6) is -1.20. The topological polar surface area (TPSA) is 92.4 Å². The normalized spacial score (nSPS) is 18.0. The molecule has 3 rings (SSSR count). The number of nitrogens with one attached hydrogen (secondary N) is 1. The van der Waals surface area contributed by atoms with Crippen molar-refractivity contribution in [3.8, 4) is 0 Å². The maximum Gasteiger partial charge on any atom is 0.416 e. The van der Waals surface area contributed by atoms with Crippen LogP contribution in [0.3, 0.4) is 0 Å². The largest absolute Gasteiger partial charge is 0.480 e. The molecule has 2 aromatic rings. The Hall–Kier alpha value is -2.87. The number of halogens is 3. The van der Waals surface area contributed by atoms with E-state index in [0.717, 1.165) is 43.4 Å². The first-order valence-corrected chi connectivity index (χ1v) is 11.9. The standard InChI is InChI=1S/C27H33F3N2O3/c1-26(2)13-11-19(12-14-26)22(18-7-9-21(10-8-18)27(28,29)30)16-32-24(33)20-5-3-17(4-6-20)15-23(31)25(34)35/h3-10,19,22-23H,11-16,31H2,1-2H3,(H,32,33)(H,34,35). The Morgan fingerprint density at radius 2 is 1.63 bits per heavy atom. The number of carboxylic acids is 1. The molecular formula is C27H33F3N2O3. The first kappa shape index (κ1) is 26.7. The molecule has 35 heavy (non-hydrogen) atoms. The molecular weight excluding hydrogens is 457 g/mol. The zero-order valence-corrected chi connectivity index (χ0v) is 20.1. The number of alkyl halides is 3. The predicted molar refractivity (Wildman–Crippen MR) is 128 cm³/mol. The van der Waals surface area contributed by atoms with Crippen molar-refractivity contribution in [3.63, 3.8) is 0 Å². The summed E-state index contributed by atoms with van der Waals surface area (Å²) in [6, 6.07) is 10.8. The third kappa shape index (κ3) is 7.31. The molecule has 1 amide bonds. The average Bonchev–Trinajstić information content (AvgIpc) is 2.80. The summed E-state index contributed by atoms with van der Waals surface area (Å²) in [7, 11) is 0. The van der Waals surface area contributed by atoms with Crippen molar-refractivity contribution >= 4 is 11.9 Å². The number of aliphatic carboxylic acids is 1. The highest BCUT2D eigenvalue weighted by atomic mass is 19.4. The van der Waals surface area contributed by atoms with Gasteiger partial charge in [-0.05, 0) is 78.8 Å². The van der Waals surface area contributed by atoms with Gasteiger partial charge in [0.05, 0.1) is 5.56 Å². The van der Waals surface area contributed by atoms with E-state index in [-0.39, 0.29) is 29.6 Å². The monoisotopic (exact) mass is 490 g/mol. The van der Waals surface area contributed by atoms with E-state index >= 15 is 0 Å². The van der Waals surface area contributed by atoms with Crippen LogP contribution in [-0.2, 0) is 17.4 Å². The molecule has 0 bridgehead atoms. The highest BCUT2D eigenvalue weighted by Gasteiger charge is 2.34. The summed E-state index contributed by atoms with van der Waals surface area (Å²) >= 11 is 0. The van der Waals surface area contributed by atoms with Gasteiger partial charge < -0.3 is 16.2 Å². The second-order valence-electron chi connectivity index (χ2n) is 10.3. The SMILES string of the molecule is CC1(C)CCC(C(CNC(=O)c2ccc(CC(N)C(=O)O)cc2)c2ccc(C(F)(F)F)cc2)CC1. The molecule has 1 fully saturated rings. The van der Waals surface area contributed by atoms with E-state index in [1.807, 2.05) is 0 Å². The number of rotatable bonds is 8. The highest BCUT2D eigenvalue weighted by molar-refractivity contribution is 5.94. The zero-order valence-electron chi connectivity index (χ0n) is 20.1. The lowest BCUT2D eigenvalue weighted by atomic mass is 9.68. The molecule has 2 atom stereocenters. The van der Waals surface area contributed by atoms with Gasteiger partial charge in [-0.1, -0.05) is 38.1 Å². The van der Waals surface area contributed by atoms with Gasteiger partial charge in [-0.2, -0.15) is 13.2 Å². The lowest BCUT2D eigenvalue weighted by Crippen LogP contribution is -2.34. The second kappa shape index (κ2) is 10.8. The maximum absolute atomic E-state index is 13.0. The van der Waals surface area contributed by atoms with Crippen molar-refractivity contribution in [2.45, 2.75) is 64.1 Å². The van der Waals surface area contributed by atoms with Crippen molar-refractivity contribution in [2.75, 3.05) is 6.54 Å². The molecule has 1 aliphatic carbocycles. The Morgan fingerprint density at radius 3 is 2.14 bits per heavy atom. The van der Waals surface area contributed by atoms with Crippen LogP contribution in [-0.4, -0.2) is 29.6 Å². The maximum atomic E-state index is 13.0. The van der Waals surface area contributed by atoms with Crippen molar-refractivity contribution in [3.05, 3.63) is 70.8 Å². The lowest BCUT2D eigenvalue weighted by Gasteiger charge is -2.38. The van der Waals surface area contributed by atoms with Gasteiger partial charge in [0.2, 0.25) is 0 Å². The first-order chi connectivity index (χ1) is 16.4. The fourth-order valence-electron chi connectivity index (χ4n) is 4.74. The van der Waals surface area contributed by atoms with Gasteiger partial charge in [0.25, 0.3) is 5.91 Å². The Bertz CT molecular complexity index is 1010. The number of hydrogen-bond donors (Lipinski definition) is 3. The molecule has 2 unspecified atom stereocenters. The number of hydrogen-bond acceptors (Lipinski definition) is 3. The second-order valence-corrected chi connectivity index (χ2v) is 10.3. The molecule has 0 aliphatic heterocycles. The minimum atomic E-state index is -4.39. The van der Waals surface area contributed by atoms with E-state index in [9.17, 15) is 22.8 Å². The van der Waals surface area contributed by atoms with E-state index in [1.165, 1.54) is 12.1 Å². The summed E-state index contributed by atoms with van der Waals surface area (Å²) in [5.41, 5.74) is 7.05. The van der Waals surface area contributed by atoms with Gasteiger partial charge in [-0.15, -0.1) is 0 Å². The first-order valence-electron chi connectivity index (χ1n) is 11.9. The Labute approximate surface area is 203 Å². The van der Waals surface area contributed by atoms with Crippen molar-refractivity contribution in [1.82, 2.24) is 5.32 Å². The zero-order chi connectivity index (χ0) is 25.8. The third-order valence-corrected chi connectivity index (χ3v) is 7.09. The number of nitrogens with two attached hydrogens (primary N) is 1. The molecule has 0 spiro atoms. The molecule has 0 saturated heterocycles. The molecule has 2 aromatic carbocycles. The Balaban J connectivity index is 1.71. The van der Waals surface area contributed by atoms with Crippen LogP contribution in [0.2, 0.25) is 0 Å². The molecule has 190 valence electrons. The van der Waals surface area contributed by atoms with Crippen LogP contribution < -0.4 is 11.1 Å². The van der Waals surface area contributed by atoms with Crippen LogP contribution >= 0.6 is 0 Å². The molecule has 4 N–H and O–H groups in total. The predicted octanol–water partition coefficient (Wildman–Crippen LogP) is 5.39.